The van der Waals surface area contributed by atoms with Crippen molar-refractivity contribution in [2.75, 3.05) is 6.54 Å². The van der Waals surface area contributed by atoms with Crippen molar-refractivity contribution in [2.24, 2.45) is 5.73 Å². The third-order valence-corrected chi connectivity index (χ3v) is 2.19. The average molecular weight is 200 g/mol. The first-order chi connectivity index (χ1) is 6.24. The van der Waals surface area contributed by atoms with Crippen molar-refractivity contribution in [3.05, 3.63) is 34.9 Å². The van der Waals surface area contributed by atoms with Gasteiger partial charge in [0, 0.05) is 5.02 Å². The van der Waals surface area contributed by atoms with Gasteiger partial charge >= 0.3 is 0 Å². The Labute approximate surface area is 83.3 Å². The Morgan fingerprint density at radius 3 is 2.46 bits per heavy atom. The van der Waals surface area contributed by atoms with E-state index in [0.29, 0.717) is 18.0 Å². The average Bonchev–Trinajstić information content (AvgIpc) is 2.15. The second-order valence-electron chi connectivity index (χ2n) is 3.00. The lowest BCUT2D eigenvalue weighted by atomic mass is 10.1. The number of aliphatic hydroxyl groups is 1. The number of hydrogen-bond acceptors (Lipinski definition) is 2. The van der Waals surface area contributed by atoms with Gasteiger partial charge in [-0.25, -0.2) is 0 Å². The highest BCUT2D eigenvalue weighted by Gasteiger charge is 2.05. The zero-order chi connectivity index (χ0) is 9.68. The molecule has 0 heterocycles. The van der Waals surface area contributed by atoms with Crippen molar-refractivity contribution in [3.63, 3.8) is 0 Å². The van der Waals surface area contributed by atoms with Gasteiger partial charge < -0.3 is 10.8 Å². The van der Waals surface area contributed by atoms with Crippen molar-refractivity contribution in [1.29, 1.82) is 0 Å². The number of nitrogens with two attached hydrogens (primary N) is 1. The summed E-state index contributed by atoms with van der Waals surface area (Å²) in [7, 11) is 0. The molecule has 1 aromatic rings. The molecule has 13 heavy (non-hydrogen) atoms. The number of rotatable bonds is 4. The molecule has 0 radical (unpaired) electrons. The summed E-state index contributed by atoms with van der Waals surface area (Å²) in [6.07, 6.45) is 1.13. The molecular formula is C10H14ClNO. The molecule has 1 rings (SSSR count). The molecule has 3 heteroatoms. The first-order valence-corrected chi connectivity index (χ1v) is 4.75. The van der Waals surface area contributed by atoms with Crippen LogP contribution in [0, 0.1) is 0 Å². The highest BCUT2D eigenvalue weighted by atomic mass is 35.5. The van der Waals surface area contributed by atoms with Gasteiger partial charge in [0.2, 0.25) is 0 Å². The first kappa shape index (κ1) is 10.5. The molecule has 1 aromatic carbocycles. The summed E-state index contributed by atoms with van der Waals surface area (Å²) >= 11 is 5.72. The van der Waals surface area contributed by atoms with Crippen molar-refractivity contribution in [3.8, 4) is 0 Å². The predicted molar refractivity (Wildman–Crippen MR) is 54.7 cm³/mol. The number of halogens is 1. The van der Waals surface area contributed by atoms with E-state index in [1.807, 2.05) is 12.1 Å². The topological polar surface area (TPSA) is 46.2 Å². The van der Waals surface area contributed by atoms with E-state index in [9.17, 15) is 5.11 Å². The van der Waals surface area contributed by atoms with Crippen LogP contribution in [0.3, 0.4) is 0 Å². The molecule has 0 aliphatic carbocycles. The van der Waals surface area contributed by atoms with Crippen LogP contribution in [0.2, 0.25) is 5.02 Å². The standard InChI is InChI=1S/C10H14ClNO/c11-9-5-3-8(4-6-9)10(13)2-1-7-12/h3-6,10,13H,1-2,7,12H2/t10-/m0/s1. The monoisotopic (exact) mass is 199 g/mol. The normalized spacial score (nSPS) is 12.8. The molecule has 0 aliphatic heterocycles. The third kappa shape index (κ3) is 3.35. The summed E-state index contributed by atoms with van der Waals surface area (Å²) < 4.78 is 0. The first-order valence-electron chi connectivity index (χ1n) is 4.37. The number of benzene rings is 1. The summed E-state index contributed by atoms with van der Waals surface area (Å²) in [5.41, 5.74) is 6.25. The van der Waals surface area contributed by atoms with Gasteiger partial charge in [0.15, 0.2) is 0 Å². The quantitative estimate of drug-likeness (QED) is 0.781. The molecule has 1 atom stereocenters. The lowest BCUT2D eigenvalue weighted by molar-refractivity contribution is 0.165. The smallest absolute Gasteiger partial charge is 0.0790 e. The lowest BCUT2D eigenvalue weighted by Crippen LogP contribution is -2.03. The minimum Gasteiger partial charge on any atom is -0.388 e. The fourth-order valence-electron chi connectivity index (χ4n) is 1.16. The minimum atomic E-state index is -0.416. The summed E-state index contributed by atoms with van der Waals surface area (Å²) in [5, 5.41) is 10.3. The fourth-order valence-corrected chi connectivity index (χ4v) is 1.29. The van der Waals surface area contributed by atoms with Crippen LogP contribution >= 0.6 is 11.6 Å². The molecule has 0 amide bonds. The SMILES string of the molecule is NCCC[C@H](O)c1ccc(Cl)cc1. The molecule has 0 unspecified atom stereocenters. The third-order valence-electron chi connectivity index (χ3n) is 1.94. The van der Waals surface area contributed by atoms with Gasteiger partial charge in [-0.3, -0.25) is 0 Å². The van der Waals surface area contributed by atoms with E-state index in [1.165, 1.54) is 0 Å². The van der Waals surface area contributed by atoms with E-state index in [2.05, 4.69) is 0 Å². The largest absolute Gasteiger partial charge is 0.388 e. The maximum Gasteiger partial charge on any atom is 0.0790 e. The Morgan fingerprint density at radius 2 is 1.92 bits per heavy atom. The van der Waals surface area contributed by atoms with Crippen LogP contribution in [0.15, 0.2) is 24.3 Å². The molecule has 0 aliphatic rings. The van der Waals surface area contributed by atoms with Gasteiger partial charge in [0.25, 0.3) is 0 Å². The Morgan fingerprint density at radius 1 is 1.31 bits per heavy atom. The fraction of sp³-hybridized carbons (Fsp3) is 0.400. The molecule has 2 nitrogen and oxygen atoms in total. The molecule has 0 saturated heterocycles. The van der Waals surface area contributed by atoms with E-state index >= 15 is 0 Å². The molecule has 0 bridgehead atoms. The van der Waals surface area contributed by atoms with Crippen LogP contribution in [0.4, 0.5) is 0 Å². The van der Waals surface area contributed by atoms with Gasteiger partial charge in [0.05, 0.1) is 6.10 Å². The van der Waals surface area contributed by atoms with Crippen molar-refractivity contribution in [1.82, 2.24) is 0 Å². The van der Waals surface area contributed by atoms with Gasteiger partial charge in [0.1, 0.15) is 0 Å². The molecule has 0 fully saturated rings. The maximum absolute atomic E-state index is 9.64. The highest BCUT2D eigenvalue weighted by molar-refractivity contribution is 6.30. The Bertz CT molecular complexity index is 248. The van der Waals surface area contributed by atoms with Gasteiger partial charge in [-0.15, -0.1) is 0 Å². The van der Waals surface area contributed by atoms with Crippen LogP contribution in [-0.2, 0) is 0 Å². The molecule has 0 spiro atoms. The molecule has 0 saturated carbocycles. The Balaban J connectivity index is 2.55. The van der Waals surface area contributed by atoms with Crippen LogP contribution in [0.1, 0.15) is 24.5 Å². The van der Waals surface area contributed by atoms with Crippen LogP contribution in [0.25, 0.3) is 0 Å². The zero-order valence-corrected chi connectivity index (χ0v) is 8.17. The maximum atomic E-state index is 9.64. The van der Waals surface area contributed by atoms with Crippen LogP contribution < -0.4 is 5.73 Å². The molecule has 3 N–H and O–H groups in total. The van der Waals surface area contributed by atoms with E-state index in [-0.39, 0.29) is 0 Å². The van der Waals surface area contributed by atoms with E-state index in [1.54, 1.807) is 12.1 Å². The second kappa shape index (κ2) is 5.22. The van der Waals surface area contributed by atoms with Crippen molar-refractivity contribution in [2.45, 2.75) is 18.9 Å². The van der Waals surface area contributed by atoms with Gasteiger partial charge in [-0.2, -0.15) is 0 Å². The number of aliphatic hydroxyl groups excluding tert-OH is 1. The minimum absolute atomic E-state index is 0.416. The lowest BCUT2D eigenvalue weighted by Gasteiger charge is -2.09. The van der Waals surface area contributed by atoms with Gasteiger partial charge in [-0.05, 0) is 37.1 Å². The van der Waals surface area contributed by atoms with Gasteiger partial charge in [-0.1, -0.05) is 23.7 Å². The summed E-state index contributed by atoms with van der Waals surface area (Å²) in [6.45, 7) is 0.616. The van der Waals surface area contributed by atoms with Crippen LogP contribution in [0.5, 0.6) is 0 Å². The Kier molecular flexibility index (Phi) is 4.22. The van der Waals surface area contributed by atoms with Crippen molar-refractivity contribution < 1.29 is 5.11 Å². The van der Waals surface area contributed by atoms with E-state index in [0.717, 1.165) is 12.0 Å². The zero-order valence-electron chi connectivity index (χ0n) is 7.41. The summed E-state index contributed by atoms with van der Waals surface area (Å²) in [6, 6.07) is 7.23. The predicted octanol–water partition coefficient (Wildman–Crippen LogP) is 2.11. The Hall–Kier alpha value is -0.570. The van der Waals surface area contributed by atoms with E-state index in [4.69, 9.17) is 17.3 Å². The van der Waals surface area contributed by atoms with Crippen LogP contribution in [-0.4, -0.2) is 11.7 Å². The van der Waals surface area contributed by atoms with Crippen molar-refractivity contribution >= 4 is 11.6 Å². The highest BCUT2D eigenvalue weighted by Crippen LogP contribution is 2.19. The molecule has 72 valence electrons. The summed E-state index contributed by atoms with van der Waals surface area (Å²) in [4.78, 5) is 0. The second-order valence-corrected chi connectivity index (χ2v) is 3.43. The molecule has 0 aromatic heterocycles. The molecular weight excluding hydrogens is 186 g/mol. The summed E-state index contributed by atoms with van der Waals surface area (Å²) in [5.74, 6) is 0. The van der Waals surface area contributed by atoms with E-state index < -0.39 is 6.10 Å². The number of hydrogen-bond donors (Lipinski definition) is 2.